The van der Waals surface area contributed by atoms with Crippen molar-refractivity contribution in [2.75, 3.05) is 0 Å². The molecule has 2 heterocycles. The second-order valence-corrected chi connectivity index (χ2v) is 8.93. The molecule has 0 bridgehead atoms. The molecule has 1 aliphatic rings. The van der Waals surface area contributed by atoms with Crippen molar-refractivity contribution >= 4 is 17.2 Å². The van der Waals surface area contributed by atoms with Gasteiger partial charge in [-0.05, 0) is 43.4 Å². The van der Waals surface area contributed by atoms with Gasteiger partial charge in [-0.2, -0.15) is 0 Å². The molecule has 2 atom stereocenters. The lowest BCUT2D eigenvalue weighted by molar-refractivity contribution is 0.0715. The van der Waals surface area contributed by atoms with E-state index in [-0.39, 0.29) is 17.2 Å². The molecule has 2 N–H and O–H groups in total. The second kappa shape index (κ2) is 9.16. The first-order valence-corrected chi connectivity index (χ1v) is 11.5. The zero-order valence-corrected chi connectivity index (χ0v) is 18.6. The van der Waals surface area contributed by atoms with E-state index in [1.54, 1.807) is 24.5 Å². The number of nitrogens with zero attached hydrogens (tertiary/aromatic N) is 2. The van der Waals surface area contributed by atoms with E-state index >= 15 is 0 Å². The van der Waals surface area contributed by atoms with Crippen molar-refractivity contribution in [1.82, 2.24) is 14.9 Å². The number of rotatable bonds is 5. The molecule has 3 aromatic rings. The summed E-state index contributed by atoms with van der Waals surface area (Å²) in [5.41, 5.74) is 6.50. The van der Waals surface area contributed by atoms with Crippen LogP contribution in [0, 0.1) is 6.92 Å². The molecule has 4 rings (SSSR count). The van der Waals surface area contributed by atoms with Crippen LogP contribution < -0.4 is 10.9 Å². The van der Waals surface area contributed by atoms with Crippen LogP contribution in [0.3, 0.4) is 0 Å². The van der Waals surface area contributed by atoms with E-state index in [1.807, 2.05) is 29.9 Å². The van der Waals surface area contributed by atoms with Crippen molar-refractivity contribution in [3.8, 4) is 11.3 Å². The van der Waals surface area contributed by atoms with Crippen LogP contribution in [-0.2, 0) is 13.5 Å². The van der Waals surface area contributed by atoms with Crippen molar-refractivity contribution in [3.63, 3.8) is 0 Å². The minimum Gasteiger partial charge on any atom is -0.391 e. The lowest BCUT2D eigenvalue weighted by atomic mass is 9.92. The molecule has 0 radical (unpaired) electrons. The van der Waals surface area contributed by atoms with Gasteiger partial charge in [0.25, 0.3) is 11.5 Å². The van der Waals surface area contributed by atoms with Crippen molar-refractivity contribution in [3.05, 3.63) is 74.0 Å². The van der Waals surface area contributed by atoms with Crippen LogP contribution in [0.15, 0.2) is 46.0 Å². The van der Waals surface area contributed by atoms with Gasteiger partial charge in [0, 0.05) is 23.7 Å². The maximum absolute atomic E-state index is 12.9. The van der Waals surface area contributed by atoms with Crippen LogP contribution in [-0.4, -0.2) is 32.7 Å². The summed E-state index contributed by atoms with van der Waals surface area (Å²) in [7, 11) is 1.69. The standard InChI is InChI=1S/C24H27N3O3S/c1-15-18(11-16-7-9-17(10-8-16)21-13-31-14-25-21)12-19(24(30)27(15)2)23(29)26-20-5-3-4-6-22(20)28/h7-10,12-14,20,22,28H,3-6,11H2,1-2H3,(H,26,29)/t20-,22-/m0/s1. The number of benzene rings is 1. The Morgan fingerprint density at radius 3 is 2.68 bits per heavy atom. The van der Waals surface area contributed by atoms with Crippen LogP contribution in [0.25, 0.3) is 11.3 Å². The van der Waals surface area contributed by atoms with Gasteiger partial charge in [-0.25, -0.2) is 4.98 Å². The van der Waals surface area contributed by atoms with Gasteiger partial charge in [-0.3, -0.25) is 9.59 Å². The smallest absolute Gasteiger partial charge is 0.263 e. The molecule has 1 aliphatic carbocycles. The van der Waals surface area contributed by atoms with Gasteiger partial charge in [0.2, 0.25) is 0 Å². The molecule has 1 aromatic carbocycles. The Labute approximate surface area is 185 Å². The molecule has 31 heavy (non-hydrogen) atoms. The van der Waals surface area contributed by atoms with E-state index in [2.05, 4.69) is 22.4 Å². The van der Waals surface area contributed by atoms with Crippen LogP contribution in [0.4, 0.5) is 0 Å². The van der Waals surface area contributed by atoms with Gasteiger partial charge >= 0.3 is 0 Å². The predicted octanol–water partition coefficient (Wildman–Crippen LogP) is 3.44. The summed E-state index contributed by atoms with van der Waals surface area (Å²) < 4.78 is 1.53. The highest BCUT2D eigenvalue weighted by Crippen LogP contribution is 2.22. The number of aliphatic hydroxyl groups excluding tert-OH is 1. The first-order chi connectivity index (χ1) is 14.9. The number of aliphatic hydroxyl groups is 1. The summed E-state index contributed by atoms with van der Waals surface area (Å²) in [6.07, 6.45) is 3.41. The third-order valence-corrected chi connectivity index (χ3v) is 6.78. The minimum absolute atomic E-state index is 0.125. The van der Waals surface area contributed by atoms with E-state index in [9.17, 15) is 14.7 Å². The third-order valence-electron chi connectivity index (χ3n) is 6.19. The normalized spacial score (nSPS) is 18.7. The van der Waals surface area contributed by atoms with E-state index in [1.165, 1.54) is 4.57 Å². The quantitative estimate of drug-likeness (QED) is 0.640. The van der Waals surface area contributed by atoms with Crippen LogP contribution >= 0.6 is 11.3 Å². The summed E-state index contributed by atoms with van der Waals surface area (Å²) in [6, 6.07) is 9.60. The van der Waals surface area contributed by atoms with E-state index in [0.717, 1.165) is 47.3 Å². The number of nitrogens with one attached hydrogen (secondary N) is 1. The number of thiazole rings is 1. The fraction of sp³-hybridized carbons (Fsp3) is 0.375. The molecule has 0 spiro atoms. The summed E-state index contributed by atoms with van der Waals surface area (Å²) in [6.45, 7) is 1.90. The van der Waals surface area contributed by atoms with Gasteiger partial charge in [0.1, 0.15) is 5.56 Å². The van der Waals surface area contributed by atoms with Gasteiger partial charge in [-0.15, -0.1) is 11.3 Å². The number of pyridine rings is 1. The topological polar surface area (TPSA) is 84.2 Å². The minimum atomic E-state index is -0.553. The number of hydrogen-bond donors (Lipinski definition) is 2. The number of aromatic nitrogens is 2. The van der Waals surface area contributed by atoms with Crippen LogP contribution in [0.1, 0.15) is 52.9 Å². The second-order valence-electron chi connectivity index (χ2n) is 8.21. The van der Waals surface area contributed by atoms with Gasteiger partial charge in [0.15, 0.2) is 0 Å². The average Bonchev–Trinajstić information content (AvgIpc) is 3.31. The highest BCUT2D eigenvalue weighted by atomic mass is 32.1. The molecule has 1 fully saturated rings. The predicted molar refractivity (Wildman–Crippen MR) is 123 cm³/mol. The summed E-state index contributed by atoms with van der Waals surface area (Å²) in [5.74, 6) is -0.410. The Balaban J connectivity index is 1.57. The van der Waals surface area contributed by atoms with Gasteiger partial charge in [0.05, 0.1) is 23.4 Å². The summed E-state index contributed by atoms with van der Waals surface area (Å²) in [4.78, 5) is 30.0. The zero-order chi connectivity index (χ0) is 22.0. The number of carbonyl (C=O) groups excluding carboxylic acids is 1. The maximum atomic E-state index is 12.9. The molecule has 0 saturated heterocycles. The van der Waals surface area contributed by atoms with Crippen molar-refractivity contribution in [2.24, 2.45) is 7.05 Å². The van der Waals surface area contributed by atoms with Crippen molar-refractivity contribution in [2.45, 2.75) is 51.2 Å². The fourth-order valence-electron chi connectivity index (χ4n) is 4.12. The Bertz CT molecular complexity index is 1120. The average molecular weight is 438 g/mol. The molecule has 1 amide bonds. The molecular weight excluding hydrogens is 410 g/mol. The van der Waals surface area contributed by atoms with E-state index in [0.29, 0.717) is 12.8 Å². The maximum Gasteiger partial charge on any atom is 0.263 e. The Morgan fingerprint density at radius 1 is 1.26 bits per heavy atom. The third kappa shape index (κ3) is 4.62. The lowest BCUT2D eigenvalue weighted by Crippen LogP contribution is -2.46. The summed E-state index contributed by atoms with van der Waals surface area (Å²) >= 11 is 1.57. The van der Waals surface area contributed by atoms with Crippen LogP contribution in [0.5, 0.6) is 0 Å². The lowest BCUT2D eigenvalue weighted by Gasteiger charge is -2.28. The molecule has 2 aromatic heterocycles. The highest BCUT2D eigenvalue weighted by Gasteiger charge is 2.26. The Morgan fingerprint density at radius 2 is 2.00 bits per heavy atom. The van der Waals surface area contributed by atoms with Crippen molar-refractivity contribution in [1.29, 1.82) is 0 Å². The number of carbonyl (C=O) groups is 1. The Hall–Kier alpha value is -2.77. The Kier molecular flexibility index (Phi) is 6.34. The first kappa shape index (κ1) is 21.5. The fourth-order valence-corrected chi connectivity index (χ4v) is 4.69. The molecule has 162 valence electrons. The molecular formula is C24H27N3O3S. The number of amides is 1. The largest absolute Gasteiger partial charge is 0.391 e. The molecule has 0 aliphatic heterocycles. The monoisotopic (exact) mass is 437 g/mol. The molecule has 0 unspecified atom stereocenters. The van der Waals surface area contributed by atoms with Gasteiger partial charge < -0.3 is 15.0 Å². The van der Waals surface area contributed by atoms with Gasteiger partial charge in [-0.1, -0.05) is 37.1 Å². The first-order valence-electron chi connectivity index (χ1n) is 10.6. The summed E-state index contributed by atoms with van der Waals surface area (Å²) in [5, 5.41) is 15.1. The molecule has 6 nitrogen and oxygen atoms in total. The molecule has 7 heteroatoms. The SMILES string of the molecule is Cc1c(Cc2ccc(-c3cscn3)cc2)cc(C(=O)N[C@H]2CCCC[C@@H]2O)c(=O)n1C. The zero-order valence-electron chi connectivity index (χ0n) is 17.8. The highest BCUT2D eigenvalue weighted by molar-refractivity contribution is 7.07. The molecule has 1 saturated carbocycles. The number of hydrogen-bond acceptors (Lipinski definition) is 5. The van der Waals surface area contributed by atoms with Crippen molar-refractivity contribution < 1.29 is 9.90 Å². The van der Waals surface area contributed by atoms with E-state index < -0.39 is 12.0 Å². The van der Waals surface area contributed by atoms with Crippen LogP contribution in [0.2, 0.25) is 0 Å². The van der Waals surface area contributed by atoms with E-state index in [4.69, 9.17) is 0 Å².